The molecule has 4 rings (SSSR count). The van der Waals surface area contributed by atoms with Gasteiger partial charge in [0.05, 0.1) is 7.05 Å². The predicted molar refractivity (Wildman–Crippen MR) is 95.7 cm³/mol. The average molecular weight is 365 g/mol. The molecule has 1 saturated heterocycles. The van der Waals surface area contributed by atoms with E-state index < -0.39 is 0 Å². The van der Waals surface area contributed by atoms with Crippen LogP contribution in [0.3, 0.4) is 0 Å². The Morgan fingerprint density at radius 2 is 1.79 bits per heavy atom. The summed E-state index contributed by atoms with van der Waals surface area (Å²) in [5.74, 6) is -0.144. The van der Waals surface area contributed by atoms with Crippen molar-refractivity contribution in [2.24, 2.45) is 0 Å². The molecule has 2 aliphatic rings. The quantitative estimate of drug-likeness (QED) is 0.782. The summed E-state index contributed by atoms with van der Waals surface area (Å²) in [5, 5.41) is 0.788. The number of piperazine rings is 1. The molecule has 0 saturated carbocycles. The molecule has 0 bridgehead atoms. The van der Waals surface area contributed by atoms with Gasteiger partial charge in [0.2, 0.25) is 0 Å². The molecule has 0 radical (unpaired) electrons. The maximum Gasteiger partial charge on any atom is 0.127 e. The van der Waals surface area contributed by atoms with Gasteiger partial charge in [-0.1, -0.05) is 23.4 Å². The molecule has 2 aliphatic heterocycles. The summed E-state index contributed by atoms with van der Waals surface area (Å²) >= 11 is 8.06. The van der Waals surface area contributed by atoms with Crippen molar-refractivity contribution in [3.8, 4) is 0 Å². The van der Waals surface area contributed by atoms with E-state index in [2.05, 4.69) is 19.2 Å². The van der Waals surface area contributed by atoms with Crippen LogP contribution < -0.4 is 9.80 Å². The van der Waals surface area contributed by atoms with E-state index in [0.29, 0.717) is 6.04 Å². The lowest BCUT2D eigenvalue weighted by molar-refractivity contribution is -1.02. The molecule has 0 spiro atoms. The molecule has 2 aromatic carbocycles. The fourth-order valence-electron chi connectivity index (χ4n) is 3.85. The van der Waals surface area contributed by atoms with Gasteiger partial charge in [-0.25, -0.2) is 4.39 Å². The molecule has 1 atom stereocenters. The molecule has 24 heavy (non-hydrogen) atoms. The standard InChI is InChI=1S/C19H20ClFN2S/c1-22-6-8-23(9-7-22)17-11-13-10-15(21)3-5-18(13)24-19-4-2-14(20)12-16(17)19/h2-5,10,12,17H,6-9,11H2,1H3/p+2/t17-/m0/s1. The first-order valence-corrected chi connectivity index (χ1v) is 9.71. The molecule has 2 aromatic rings. The monoisotopic (exact) mass is 364 g/mol. The van der Waals surface area contributed by atoms with Crippen LogP contribution in [0.4, 0.5) is 4.39 Å². The third kappa shape index (κ3) is 3.21. The van der Waals surface area contributed by atoms with E-state index >= 15 is 0 Å². The van der Waals surface area contributed by atoms with Crippen LogP contribution in [-0.4, -0.2) is 33.2 Å². The van der Waals surface area contributed by atoms with Crippen molar-refractivity contribution >= 4 is 23.4 Å². The van der Waals surface area contributed by atoms with E-state index in [9.17, 15) is 4.39 Å². The second kappa shape index (κ2) is 6.68. The maximum absolute atomic E-state index is 13.8. The SMILES string of the molecule is C[NH+]1CC[NH+]([C@H]2Cc3cc(F)ccc3Sc3ccc(Cl)cc32)CC1. The Hall–Kier alpha value is -1.07. The van der Waals surface area contributed by atoms with E-state index in [1.54, 1.807) is 33.7 Å². The molecule has 0 unspecified atom stereocenters. The van der Waals surface area contributed by atoms with Gasteiger partial charge in [0, 0.05) is 26.8 Å². The summed E-state index contributed by atoms with van der Waals surface area (Å²) in [7, 11) is 2.26. The highest BCUT2D eigenvalue weighted by atomic mass is 35.5. The number of hydrogen-bond donors (Lipinski definition) is 2. The van der Waals surface area contributed by atoms with Gasteiger partial charge in [-0.3, -0.25) is 0 Å². The molecular weight excluding hydrogens is 343 g/mol. The number of benzene rings is 2. The highest BCUT2D eigenvalue weighted by Crippen LogP contribution is 2.41. The summed E-state index contributed by atoms with van der Waals surface area (Å²) in [6.07, 6.45) is 0.877. The Labute approximate surface area is 151 Å². The number of likely N-dealkylation sites (N-methyl/N-ethyl adjacent to an activating group) is 1. The normalized spacial score (nSPS) is 26.4. The minimum absolute atomic E-state index is 0.144. The lowest BCUT2D eigenvalue weighted by atomic mass is 9.96. The fourth-order valence-corrected chi connectivity index (χ4v) is 5.13. The van der Waals surface area contributed by atoms with Crippen LogP contribution in [0.25, 0.3) is 0 Å². The van der Waals surface area contributed by atoms with Crippen LogP contribution in [0.1, 0.15) is 17.2 Å². The molecule has 0 amide bonds. The fraction of sp³-hybridized carbons (Fsp3) is 0.368. The van der Waals surface area contributed by atoms with Crippen molar-refractivity contribution < 1.29 is 14.2 Å². The first kappa shape index (κ1) is 16.4. The van der Waals surface area contributed by atoms with E-state index in [0.717, 1.165) is 30.1 Å². The van der Waals surface area contributed by atoms with Gasteiger partial charge in [-0.05, 0) is 42.0 Å². The molecule has 0 aromatic heterocycles. The van der Waals surface area contributed by atoms with Crippen molar-refractivity contribution in [1.29, 1.82) is 0 Å². The second-order valence-corrected chi connectivity index (χ2v) is 8.43. The highest BCUT2D eigenvalue weighted by molar-refractivity contribution is 7.99. The first-order chi connectivity index (χ1) is 11.6. The minimum Gasteiger partial charge on any atom is -0.328 e. The topological polar surface area (TPSA) is 8.88 Å². The van der Waals surface area contributed by atoms with Gasteiger partial charge in [0.1, 0.15) is 38.0 Å². The van der Waals surface area contributed by atoms with Crippen LogP contribution >= 0.6 is 23.4 Å². The Balaban J connectivity index is 1.77. The third-order valence-electron chi connectivity index (χ3n) is 5.25. The summed E-state index contributed by atoms with van der Waals surface area (Å²) < 4.78 is 13.8. The minimum atomic E-state index is -0.144. The van der Waals surface area contributed by atoms with Gasteiger partial charge in [-0.2, -0.15) is 0 Å². The molecule has 5 heteroatoms. The van der Waals surface area contributed by atoms with Crippen molar-refractivity contribution in [3.63, 3.8) is 0 Å². The largest absolute Gasteiger partial charge is 0.328 e. The predicted octanol–water partition coefficient (Wildman–Crippen LogP) is 1.64. The number of fused-ring (bicyclic) bond motifs is 2. The lowest BCUT2D eigenvalue weighted by Crippen LogP contribution is -3.27. The van der Waals surface area contributed by atoms with Gasteiger partial charge in [0.15, 0.2) is 0 Å². The number of quaternary nitrogens is 2. The van der Waals surface area contributed by atoms with E-state index in [-0.39, 0.29) is 5.82 Å². The highest BCUT2D eigenvalue weighted by Gasteiger charge is 2.33. The number of nitrogens with one attached hydrogen (secondary N) is 2. The van der Waals surface area contributed by atoms with Crippen LogP contribution in [0, 0.1) is 5.82 Å². The van der Waals surface area contributed by atoms with Crippen LogP contribution in [-0.2, 0) is 6.42 Å². The molecule has 2 nitrogen and oxygen atoms in total. The Morgan fingerprint density at radius 1 is 1.04 bits per heavy atom. The lowest BCUT2D eigenvalue weighted by Gasteiger charge is -2.33. The number of rotatable bonds is 1. The van der Waals surface area contributed by atoms with Crippen LogP contribution in [0.15, 0.2) is 46.2 Å². The van der Waals surface area contributed by atoms with Gasteiger partial charge in [-0.15, -0.1) is 0 Å². The van der Waals surface area contributed by atoms with Crippen molar-refractivity contribution in [2.45, 2.75) is 22.3 Å². The number of hydrogen-bond acceptors (Lipinski definition) is 1. The van der Waals surface area contributed by atoms with Crippen LogP contribution in [0.2, 0.25) is 5.02 Å². The molecule has 126 valence electrons. The Kier molecular flexibility index (Phi) is 4.56. The van der Waals surface area contributed by atoms with Gasteiger partial charge < -0.3 is 9.80 Å². The van der Waals surface area contributed by atoms with Crippen LogP contribution in [0.5, 0.6) is 0 Å². The molecule has 2 heterocycles. The van der Waals surface area contributed by atoms with Crippen molar-refractivity contribution in [1.82, 2.24) is 0 Å². The first-order valence-electron chi connectivity index (χ1n) is 8.52. The van der Waals surface area contributed by atoms with E-state index in [1.807, 2.05) is 12.1 Å². The van der Waals surface area contributed by atoms with Crippen molar-refractivity contribution in [2.75, 3.05) is 33.2 Å². The zero-order valence-corrected chi connectivity index (χ0v) is 15.3. The summed E-state index contributed by atoms with van der Waals surface area (Å²) in [4.78, 5) is 5.62. The van der Waals surface area contributed by atoms with Gasteiger partial charge >= 0.3 is 0 Å². The third-order valence-corrected chi connectivity index (χ3v) is 6.70. The van der Waals surface area contributed by atoms with Gasteiger partial charge in [0.25, 0.3) is 0 Å². The molecule has 0 aliphatic carbocycles. The molecule has 2 N–H and O–H groups in total. The molecular formula is C19H22ClFN2S+2. The summed E-state index contributed by atoms with van der Waals surface area (Å²) in [6, 6.07) is 11.7. The Morgan fingerprint density at radius 3 is 2.58 bits per heavy atom. The zero-order valence-electron chi connectivity index (χ0n) is 13.7. The smallest absolute Gasteiger partial charge is 0.127 e. The number of halogens is 2. The zero-order chi connectivity index (χ0) is 16.7. The molecule has 1 fully saturated rings. The summed E-state index contributed by atoms with van der Waals surface area (Å²) in [5.41, 5.74) is 2.44. The van der Waals surface area contributed by atoms with E-state index in [1.165, 1.54) is 28.4 Å². The van der Waals surface area contributed by atoms with Crippen molar-refractivity contribution in [3.05, 3.63) is 58.4 Å². The Bertz CT molecular complexity index is 759. The van der Waals surface area contributed by atoms with E-state index in [4.69, 9.17) is 11.6 Å². The maximum atomic E-state index is 13.8. The average Bonchev–Trinajstić information content (AvgIpc) is 2.72. The second-order valence-electron chi connectivity index (χ2n) is 6.91. The summed E-state index contributed by atoms with van der Waals surface area (Å²) in [6.45, 7) is 4.67.